The highest BCUT2D eigenvalue weighted by atomic mass is 16.2. The number of benzene rings is 1. The third-order valence-corrected chi connectivity index (χ3v) is 6.90. The molecule has 2 saturated heterocycles. The van der Waals surface area contributed by atoms with Gasteiger partial charge in [0, 0.05) is 55.2 Å². The topological polar surface area (TPSA) is 68.4 Å². The van der Waals surface area contributed by atoms with E-state index in [9.17, 15) is 9.59 Å². The minimum Gasteiger partial charge on any atom is -0.358 e. The fraction of sp³-hybridized carbons (Fsp3) is 0.583. The molecule has 0 saturated carbocycles. The van der Waals surface area contributed by atoms with E-state index in [1.54, 1.807) is 0 Å². The number of likely N-dealkylation sites (tertiary alicyclic amines) is 2. The molecule has 2 aromatic rings. The van der Waals surface area contributed by atoms with Gasteiger partial charge in [-0.25, -0.2) is 4.79 Å². The Balaban J connectivity index is 1.23. The van der Waals surface area contributed by atoms with E-state index in [2.05, 4.69) is 36.3 Å². The van der Waals surface area contributed by atoms with E-state index in [1.165, 1.54) is 10.9 Å². The van der Waals surface area contributed by atoms with E-state index in [1.807, 2.05) is 21.9 Å². The van der Waals surface area contributed by atoms with Gasteiger partial charge >= 0.3 is 6.03 Å². The fourth-order valence-corrected chi connectivity index (χ4v) is 4.88. The highest BCUT2D eigenvalue weighted by Gasteiger charge is 2.31. The normalized spacial score (nSPS) is 18.7. The van der Waals surface area contributed by atoms with Crippen LogP contribution in [0, 0.1) is 18.8 Å². The molecule has 30 heavy (non-hydrogen) atoms. The number of nitrogens with zero attached hydrogens (tertiary/aromatic N) is 2. The van der Waals surface area contributed by atoms with Gasteiger partial charge in [-0.3, -0.25) is 4.79 Å². The lowest BCUT2D eigenvalue weighted by Crippen LogP contribution is -2.48. The minimum atomic E-state index is -0.00908. The number of urea groups is 1. The summed E-state index contributed by atoms with van der Waals surface area (Å²) >= 11 is 0. The summed E-state index contributed by atoms with van der Waals surface area (Å²) < 4.78 is 0. The first kappa shape index (κ1) is 20.8. The Labute approximate surface area is 179 Å². The molecule has 2 aliphatic heterocycles. The predicted molar refractivity (Wildman–Crippen MR) is 119 cm³/mol. The molecule has 3 amide bonds. The molecule has 6 heteroatoms. The van der Waals surface area contributed by atoms with Crippen molar-refractivity contribution in [1.29, 1.82) is 0 Å². The molecular formula is C24H34N4O2. The SMILES string of the molecule is Cc1[nH]c2ccccc2c1CCNC(=O)N1CCC(C(=O)N2CCC(C)CC2)CC1. The molecule has 0 spiro atoms. The summed E-state index contributed by atoms with van der Waals surface area (Å²) in [5.74, 6) is 1.11. The third kappa shape index (κ3) is 4.47. The Morgan fingerprint density at radius 3 is 2.43 bits per heavy atom. The molecule has 0 atom stereocenters. The molecule has 1 aromatic carbocycles. The lowest BCUT2D eigenvalue weighted by Gasteiger charge is -2.36. The number of piperidine rings is 2. The van der Waals surface area contributed by atoms with Gasteiger partial charge in [0.05, 0.1) is 0 Å². The number of aryl methyl sites for hydroxylation is 1. The van der Waals surface area contributed by atoms with Crippen LogP contribution in [0.4, 0.5) is 4.79 Å². The first-order valence-electron chi connectivity index (χ1n) is 11.4. The summed E-state index contributed by atoms with van der Waals surface area (Å²) in [6, 6.07) is 8.28. The quantitative estimate of drug-likeness (QED) is 0.807. The van der Waals surface area contributed by atoms with Crippen LogP contribution in [0.5, 0.6) is 0 Å². The van der Waals surface area contributed by atoms with Crippen molar-refractivity contribution in [2.24, 2.45) is 11.8 Å². The Hall–Kier alpha value is -2.50. The molecule has 0 unspecified atom stereocenters. The Kier molecular flexibility index (Phi) is 6.30. The zero-order chi connectivity index (χ0) is 21.1. The fourth-order valence-electron chi connectivity index (χ4n) is 4.88. The molecule has 162 valence electrons. The number of amides is 3. The Bertz CT molecular complexity index is 890. The Morgan fingerprint density at radius 2 is 1.70 bits per heavy atom. The number of H-pyrrole nitrogens is 1. The third-order valence-electron chi connectivity index (χ3n) is 6.90. The number of hydrogen-bond donors (Lipinski definition) is 2. The second-order valence-corrected chi connectivity index (χ2v) is 9.03. The van der Waals surface area contributed by atoms with E-state index in [4.69, 9.17) is 0 Å². The molecule has 4 rings (SSSR count). The van der Waals surface area contributed by atoms with Crippen molar-refractivity contribution in [3.63, 3.8) is 0 Å². The van der Waals surface area contributed by atoms with Gasteiger partial charge in [-0.05, 0) is 56.6 Å². The maximum atomic E-state index is 12.8. The highest BCUT2D eigenvalue weighted by Crippen LogP contribution is 2.24. The summed E-state index contributed by atoms with van der Waals surface area (Å²) in [5.41, 5.74) is 3.58. The van der Waals surface area contributed by atoms with Gasteiger partial charge in [0.1, 0.15) is 0 Å². The van der Waals surface area contributed by atoms with Crippen molar-refractivity contribution in [3.8, 4) is 0 Å². The van der Waals surface area contributed by atoms with Crippen LogP contribution in [-0.4, -0.2) is 59.4 Å². The zero-order valence-corrected chi connectivity index (χ0v) is 18.2. The van der Waals surface area contributed by atoms with Gasteiger partial charge in [-0.1, -0.05) is 25.1 Å². The van der Waals surface area contributed by atoms with E-state index in [0.717, 1.165) is 62.3 Å². The summed E-state index contributed by atoms with van der Waals surface area (Å²) in [6.07, 6.45) is 4.59. The number of aromatic nitrogens is 1. The van der Waals surface area contributed by atoms with Gasteiger partial charge in [0.15, 0.2) is 0 Å². The van der Waals surface area contributed by atoms with E-state index >= 15 is 0 Å². The average Bonchev–Trinajstić information content (AvgIpc) is 3.09. The summed E-state index contributed by atoms with van der Waals surface area (Å²) in [7, 11) is 0. The lowest BCUT2D eigenvalue weighted by molar-refractivity contribution is -0.138. The van der Waals surface area contributed by atoms with E-state index < -0.39 is 0 Å². The van der Waals surface area contributed by atoms with E-state index in [-0.39, 0.29) is 11.9 Å². The number of carbonyl (C=O) groups is 2. The first-order valence-corrected chi connectivity index (χ1v) is 11.4. The van der Waals surface area contributed by atoms with Gasteiger partial charge in [0.25, 0.3) is 0 Å². The van der Waals surface area contributed by atoms with Crippen LogP contribution in [0.2, 0.25) is 0 Å². The van der Waals surface area contributed by atoms with Crippen molar-refractivity contribution >= 4 is 22.8 Å². The van der Waals surface area contributed by atoms with Gasteiger partial charge in [-0.15, -0.1) is 0 Å². The van der Waals surface area contributed by atoms with Crippen LogP contribution in [0.3, 0.4) is 0 Å². The monoisotopic (exact) mass is 410 g/mol. The number of para-hydroxylation sites is 1. The number of carbonyl (C=O) groups excluding carboxylic acids is 2. The lowest BCUT2D eigenvalue weighted by atomic mass is 9.93. The number of fused-ring (bicyclic) bond motifs is 1. The number of rotatable bonds is 4. The molecule has 2 aliphatic rings. The Morgan fingerprint density at radius 1 is 1.03 bits per heavy atom. The predicted octanol–water partition coefficient (Wildman–Crippen LogP) is 3.70. The molecule has 2 fully saturated rings. The van der Waals surface area contributed by atoms with Crippen molar-refractivity contribution in [2.75, 3.05) is 32.7 Å². The maximum absolute atomic E-state index is 12.8. The van der Waals surface area contributed by atoms with Gasteiger partial charge in [0.2, 0.25) is 5.91 Å². The summed E-state index contributed by atoms with van der Waals surface area (Å²) in [6.45, 7) is 8.09. The van der Waals surface area contributed by atoms with Crippen molar-refractivity contribution < 1.29 is 9.59 Å². The molecule has 3 heterocycles. The smallest absolute Gasteiger partial charge is 0.317 e. The van der Waals surface area contributed by atoms with Crippen molar-refractivity contribution in [3.05, 3.63) is 35.5 Å². The van der Waals surface area contributed by atoms with E-state index in [0.29, 0.717) is 25.5 Å². The summed E-state index contributed by atoms with van der Waals surface area (Å²) in [4.78, 5) is 32.7. The molecule has 2 N–H and O–H groups in total. The van der Waals surface area contributed by atoms with Crippen LogP contribution in [0.15, 0.2) is 24.3 Å². The molecule has 0 radical (unpaired) electrons. The first-order chi connectivity index (χ1) is 14.5. The van der Waals surface area contributed by atoms with Crippen LogP contribution in [0.1, 0.15) is 43.9 Å². The number of nitrogens with one attached hydrogen (secondary N) is 2. The molecule has 0 aliphatic carbocycles. The van der Waals surface area contributed by atoms with Crippen molar-refractivity contribution in [2.45, 2.75) is 46.0 Å². The number of hydrogen-bond acceptors (Lipinski definition) is 2. The standard InChI is InChI=1S/C24H34N4O2/c1-17-8-13-27(14-9-17)23(29)19-10-15-28(16-11-19)24(30)25-12-7-20-18(2)26-22-6-4-3-5-21(20)22/h3-6,17,19,26H,7-16H2,1-2H3,(H,25,30). The van der Waals surface area contributed by atoms with Crippen LogP contribution in [0.25, 0.3) is 10.9 Å². The van der Waals surface area contributed by atoms with Crippen molar-refractivity contribution in [1.82, 2.24) is 20.1 Å². The van der Waals surface area contributed by atoms with Gasteiger partial charge < -0.3 is 20.1 Å². The van der Waals surface area contributed by atoms with Gasteiger partial charge in [-0.2, -0.15) is 0 Å². The summed E-state index contributed by atoms with van der Waals surface area (Å²) in [5, 5.41) is 4.30. The zero-order valence-electron chi connectivity index (χ0n) is 18.2. The molecule has 0 bridgehead atoms. The number of aromatic amines is 1. The molecular weight excluding hydrogens is 376 g/mol. The molecule has 1 aromatic heterocycles. The largest absolute Gasteiger partial charge is 0.358 e. The maximum Gasteiger partial charge on any atom is 0.317 e. The second-order valence-electron chi connectivity index (χ2n) is 9.03. The average molecular weight is 411 g/mol. The molecule has 6 nitrogen and oxygen atoms in total. The second kappa shape index (κ2) is 9.11. The van der Waals surface area contributed by atoms with Crippen LogP contribution in [-0.2, 0) is 11.2 Å². The highest BCUT2D eigenvalue weighted by molar-refractivity contribution is 5.84. The van der Waals surface area contributed by atoms with Crippen LogP contribution < -0.4 is 5.32 Å². The minimum absolute atomic E-state index is 0.00908. The van der Waals surface area contributed by atoms with Crippen LogP contribution >= 0.6 is 0 Å².